The summed E-state index contributed by atoms with van der Waals surface area (Å²) in [7, 11) is 0.473. The minimum absolute atomic E-state index is 0.240. The van der Waals surface area contributed by atoms with Crippen molar-refractivity contribution in [2.45, 2.75) is 5.16 Å². The lowest BCUT2D eigenvalue weighted by atomic mass is 10.2. The molecule has 132 valence electrons. The van der Waals surface area contributed by atoms with Gasteiger partial charge in [0.05, 0.1) is 16.8 Å². The maximum Gasteiger partial charge on any atom is 0.247 e. The van der Waals surface area contributed by atoms with Crippen LogP contribution >= 0.6 is 0 Å². The summed E-state index contributed by atoms with van der Waals surface area (Å²) in [6.07, 6.45) is 4.08. The molecule has 0 saturated heterocycles. The highest BCUT2D eigenvalue weighted by Gasteiger charge is 2.16. The molecular weight excluding hydrogens is 344 g/mol. The van der Waals surface area contributed by atoms with Crippen molar-refractivity contribution in [2.75, 3.05) is 38.8 Å². The van der Waals surface area contributed by atoms with Gasteiger partial charge in [-0.15, -0.1) is 0 Å². The van der Waals surface area contributed by atoms with Gasteiger partial charge in [0.2, 0.25) is 20.9 Å². The first-order valence-electron chi connectivity index (χ1n) is 7.48. The van der Waals surface area contributed by atoms with E-state index in [-0.39, 0.29) is 5.16 Å². The van der Waals surface area contributed by atoms with Gasteiger partial charge in [-0.05, 0) is 20.2 Å². The summed E-state index contributed by atoms with van der Waals surface area (Å²) in [4.78, 5) is 18.5. The van der Waals surface area contributed by atoms with Gasteiger partial charge in [-0.1, -0.05) is 0 Å². The van der Waals surface area contributed by atoms with Crippen molar-refractivity contribution in [3.63, 3.8) is 0 Å². The Morgan fingerprint density at radius 1 is 1.24 bits per heavy atom. The van der Waals surface area contributed by atoms with E-state index >= 15 is 0 Å². The van der Waals surface area contributed by atoms with E-state index in [1.54, 1.807) is 12.3 Å². The van der Waals surface area contributed by atoms with Crippen LogP contribution in [-0.2, 0) is 9.84 Å². The van der Waals surface area contributed by atoms with Crippen LogP contribution in [0.5, 0.6) is 0 Å². The first kappa shape index (κ1) is 17.2. The SMILES string of the molecule is CN(C)CCNc1ncc2c(-c3ccnc(S(C)(=O)=O)n3)[nH]nc2n1. The molecule has 10 nitrogen and oxygen atoms in total. The quantitative estimate of drug-likeness (QED) is 0.590. The standard InChI is InChI=1S/C14H18N8O2S/c1-22(2)7-6-15-13-17-8-9-11(20-21-12(9)19-13)10-4-5-16-14(18-10)25(3,23)24/h4-5,8H,6-7H2,1-3H3,(H2,15,17,19,20,21). The molecule has 0 amide bonds. The summed E-state index contributed by atoms with van der Waals surface area (Å²) in [5.74, 6) is 0.479. The van der Waals surface area contributed by atoms with Gasteiger partial charge < -0.3 is 10.2 Å². The average molecular weight is 362 g/mol. The van der Waals surface area contributed by atoms with E-state index in [1.165, 1.54) is 6.20 Å². The molecule has 0 aliphatic heterocycles. The Labute approximate surface area is 144 Å². The number of rotatable bonds is 6. The van der Waals surface area contributed by atoms with E-state index in [4.69, 9.17) is 0 Å². The van der Waals surface area contributed by atoms with Crippen LogP contribution in [0.3, 0.4) is 0 Å². The first-order chi connectivity index (χ1) is 11.8. The number of likely N-dealkylation sites (N-methyl/N-ethyl adjacent to an activating group) is 1. The molecule has 25 heavy (non-hydrogen) atoms. The number of aromatic nitrogens is 6. The van der Waals surface area contributed by atoms with Crippen molar-refractivity contribution in [1.29, 1.82) is 0 Å². The topological polar surface area (TPSA) is 130 Å². The molecule has 0 fully saturated rings. The summed E-state index contributed by atoms with van der Waals surface area (Å²) in [5.41, 5.74) is 1.42. The molecule has 0 atom stereocenters. The molecule has 0 saturated carbocycles. The van der Waals surface area contributed by atoms with Crippen LogP contribution in [-0.4, -0.2) is 76.9 Å². The monoisotopic (exact) mass is 362 g/mol. The van der Waals surface area contributed by atoms with E-state index in [0.29, 0.717) is 34.9 Å². The predicted molar refractivity (Wildman–Crippen MR) is 92.9 cm³/mol. The van der Waals surface area contributed by atoms with Crippen LogP contribution in [0.1, 0.15) is 0 Å². The zero-order chi connectivity index (χ0) is 18.0. The number of hydrogen-bond acceptors (Lipinski definition) is 9. The number of fused-ring (bicyclic) bond motifs is 1. The Hall–Kier alpha value is -2.66. The number of nitrogens with zero attached hydrogens (tertiary/aromatic N) is 6. The van der Waals surface area contributed by atoms with Crippen molar-refractivity contribution in [2.24, 2.45) is 0 Å². The summed E-state index contributed by atoms with van der Waals surface area (Å²) in [5, 5.41) is 10.5. The van der Waals surface area contributed by atoms with Gasteiger partial charge in [0.15, 0.2) is 5.65 Å². The van der Waals surface area contributed by atoms with Crippen LogP contribution in [0.2, 0.25) is 0 Å². The smallest absolute Gasteiger partial charge is 0.247 e. The van der Waals surface area contributed by atoms with Gasteiger partial charge in [0, 0.05) is 31.7 Å². The highest BCUT2D eigenvalue weighted by Crippen LogP contribution is 2.24. The Morgan fingerprint density at radius 3 is 2.76 bits per heavy atom. The number of nitrogens with one attached hydrogen (secondary N) is 2. The van der Waals surface area contributed by atoms with Gasteiger partial charge in [0.1, 0.15) is 0 Å². The van der Waals surface area contributed by atoms with E-state index in [9.17, 15) is 8.42 Å². The van der Waals surface area contributed by atoms with E-state index in [0.717, 1.165) is 12.8 Å². The van der Waals surface area contributed by atoms with Crippen molar-refractivity contribution < 1.29 is 8.42 Å². The second kappa shape index (κ2) is 6.69. The molecule has 3 rings (SSSR count). The van der Waals surface area contributed by atoms with Gasteiger partial charge in [-0.3, -0.25) is 5.10 Å². The number of hydrogen-bond donors (Lipinski definition) is 2. The minimum Gasteiger partial charge on any atom is -0.353 e. The lowest BCUT2D eigenvalue weighted by Gasteiger charge is -2.09. The first-order valence-corrected chi connectivity index (χ1v) is 9.37. The zero-order valence-corrected chi connectivity index (χ0v) is 14.9. The maximum atomic E-state index is 11.6. The normalized spacial score (nSPS) is 12.0. The van der Waals surface area contributed by atoms with E-state index in [1.807, 2.05) is 19.0 Å². The molecule has 0 aliphatic carbocycles. The molecular formula is C14H18N8O2S. The number of aromatic amines is 1. The average Bonchev–Trinajstić information content (AvgIpc) is 2.97. The van der Waals surface area contributed by atoms with Crippen molar-refractivity contribution in [3.05, 3.63) is 18.5 Å². The molecule has 11 heteroatoms. The van der Waals surface area contributed by atoms with E-state index < -0.39 is 9.84 Å². The molecule has 0 aromatic carbocycles. The summed E-state index contributed by atoms with van der Waals surface area (Å²) >= 11 is 0. The molecule has 0 bridgehead atoms. The third-order valence-corrected chi connectivity index (χ3v) is 4.23. The number of anilines is 1. The van der Waals surface area contributed by atoms with Crippen LogP contribution in [0, 0.1) is 0 Å². The minimum atomic E-state index is -3.50. The highest BCUT2D eigenvalue weighted by atomic mass is 32.2. The predicted octanol–water partition coefficient (Wildman–Crippen LogP) is 0.187. The second-order valence-corrected chi connectivity index (χ2v) is 7.67. The Balaban J connectivity index is 1.91. The number of sulfone groups is 1. The van der Waals surface area contributed by atoms with Crippen molar-refractivity contribution in [1.82, 2.24) is 35.0 Å². The van der Waals surface area contributed by atoms with Crippen LogP contribution in [0.25, 0.3) is 22.4 Å². The summed E-state index contributed by atoms with van der Waals surface area (Å²) in [6.45, 7) is 1.56. The maximum absolute atomic E-state index is 11.6. The molecule has 0 spiro atoms. The lowest BCUT2D eigenvalue weighted by molar-refractivity contribution is 0.425. The molecule has 0 aliphatic rings. The second-order valence-electron chi connectivity index (χ2n) is 5.76. The fourth-order valence-corrected chi connectivity index (χ4v) is 2.65. The molecule has 0 unspecified atom stereocenters. The third-order valence-electron chi connectivity index (χ3n) is 3.37. The van der Waals surface area contributed by atoms with Gasteiger partial charge >= 0.3 is 0 Å². The van der Waals surface area contributed by atoms with Gasteiger partial charge in [0.25, 0.3) is 0 Å². The Kier molecular flexibility index (Phi) is 4.59. The lowest BCUT2D eigenvalue weighted by Crippen LogP contribution is -2.21. The Morgan fingerprint density at radius 2 is 2.04 bits per heavy atom. The zero-order valence-electron chi connectivity index (χ0n) is 14.1. The molecule has 2 N–H and O–H groups in total. The largest absolute Gasteiger partial charge is 0.353 e. The van der Waals surface area contributed by atoms with Gasteiger partial charge in [-0.2, -0.15) is 10.1 Å². The Bertz CT molecular complexity index is 999. The highest BCUT2D eigenvalue weighted by molar-refractivity contribution is 7.90. The summed E-state index contributed by atoms with van der Waals surface area (Å²) < 4.78 is 23.2. The third kappa shape index (κ3) is 3.88. The fourth-order valence-electron chi connectivity index (χ4n) is 2.13. The molecule has 3 aromatic rings. The van der Waals surface area contributed by atoms with Gasteiger partial charge in [-0.25, -0.2) is 23.4 Å². The molecule has 3 heterocycles. The summed E-state index contributed by atoms with van der Waals surface area (Å²) in [6, 6.07) is 1.60. The molecule has 0 radical (unpaired) electrons. The van der Waals surface area contributed by atoms with Crippen molar-refractivity contribution in [3.8, 4) is 11.4 Å². The van der Waals surface area contributed by atoms with Crippen LogP contribution < -0.4 is 5.32 Å². The van der Waals surface area contributed by atoms with E-state index in [2.05, 4.69) is 35.5 Å². The van der Waals surface area contributed by atoms with Crippen LogP contribution in [0.4, 0.5) is 5.95 Å². The molecule has 3 aromatic heterocycles. The van der Waals surface area contributed by atoms with Crippen molar-refractivity contribution >= 4 is 26.8 Å². The fraction of sp³-hybridized carbons (Fsp3) is 0.357. The number of H-pyrrole nitrogens is 1. The van der Waals surface area contributed by atoms with Crippen LogP contribution in [0.15, 0.2) is 23.6 Å².